The van der Waals surface area contributed by atoms with Crippen molar-refractivity contribution in [1.82, 2.24) is 20.4 Å². The van der Waals surface area contributed by atoms with Crippen LogP contribution in [0, 0.1) is 5.92 Å². The topological polar surface area (TPSA) is 116 Å². The first kappa shape index (κ1) is 18.6. The molecule has 0 aromatic heterocycles. The van der Waals surface area contributed by atoms with Crippen molar-refractivity contribution in [3.8, 4) is 0 Å². The first-order valence-electron chi connectivity index (χ1n) is 7.21. The summed E-state index contributed by atoms with van der Waals surface area (Å²) in [6.07, 6.45) is 0. The van der Waals surface area contributed by atoms with Gasteiger partial charge in [-0.1, -0.05) is 13.8 Å². The van der Waals surface area contributed by atoms with E-state index in [1.165, 1.54) is 0 Å². The third kappa shape index (κ3) is 5.04. The van der Waals surface area contributed by atoms with E-state index in [0.717, 1.165) is 4.90 Å². The largest absolute Gasteiger partial charge is 0.334 e. The summed E-state index contributed by atoms with van der Waals surface area (Å²) < 4.78 is 0. The zero-order valence-corrected chi connectivity index (χ0v) is 13.9. The van der Waals surface area contributed by atoms with Gasteiger partial charge < -0.3 is 5.32 Å². The number of hydrogen-bond donors (Lipinski definition) is 2. The van der Waals surface area contributed by atoms with Crippen LogP contribution in [0.2, 0.25) is 0 Å². The number of amides is 7. The van der Waals surface area contributed by atoms with Crippen LogP contribution >= 0.6 is 0 Å². The molecule has 1 fully saturated rings. The van der Waals surface area contributed by atoms with Gasteiger partial charge in [-0.05, 0) is 26.7 Å². The lowest BCUT2D eigenvalue weighted by molar-refractivity contribution is -0.144. The molecular weight excluding hydrogens is 304 g/mol. The molecule has 2 N–H and O–H groups in total. The van der Waals surface area contributed by atoms with Crippen molar-refractivity contribution in [2.45, 2.75) is 40.2 Å². The Morgan fingerprint density at radius 3 is 2.04 bits per heavy atom. The van der Waals surface area contributed by atoms with E-state index in [1.54, 1.807) is 34.6 Å². The summed E-state index contributed by atoms with van der Waals surface area (Å²) in [6.45, 7) is 8.17. The number of nitrogens with one attached hydrogen (secondary N) is 2. The SMILES string of the molecule is CC(C)CN1C(=O)C(=O)N(CC(=O)NC(=O)NC(C)(C)C)C1=O. The van der Waals surface area contributed by atoms with Gasteiger partial charge in [0.05, 0.1) is 0 Å². The molecule has 1 rings (SSSR count). The summed E-state index contributed by atoms with van der Waals surface area (Å²) in [7, 11) is 0. The monoisotopic (exact) mass is 326 g/mol. The minimum absolute atomic E-state index is 0.0120. The summed E-state index contributed by atoms with van der Waals surface area (Å²) >= 11 is 0. The van der Waals surface area contributed by atoms with E-state index in [-0.39, 0.29) is 12.5 Å². The van der Waals surface area contributed by atoms with E-state index in [2.05, 4.69) is 5.32 Å². The Morgan fingerprint density at radius 1 is 1.04 bits per heavy atom. The molecule has 128 valence electrons. The van der Waals surface area contributed by atoms with Crippen LogP contribution in [0.25, 0.3) is 0 Å². The van der Waals surface area contributed by atoms with Gasteiger partial charge in [-0.15, -0.1) is 0 Å². The Kier molecular flexibility index (Phi) is 5.46. The molecule has 1 aliphatic heterocycles. The summed E-state index contributed by atoms with van der Waals surface area (Å²) in [5.41, 5.74) is -0.548. The van der Waals surface area contributed by atoms with E-state index in [1.807, 2.05) is 5.32 Å². The van der Waals surface area contributed by atoms with E-state index < -0.39 is 41.9 Å². The highest BCUT2D eigenvalue weighted by atomic mass is 16.2. The smallest absolute Gasteiger partial charge is 0.333 e. The number of urea groups is 2. The molecule has 7 amide bonds. The number of nitrogens with zero attached hydrogens (tertiary/aromatic N) is 2. The molecule has 0 aromatic carbocycles. The molecule has 0 unspecified atom stereocenters. The number of hydrogen-bond acceptors (Lipinski definition) is 5. The van der Waals surface area contributed by atoms with Crippen LogP contribution in [-0.4, -0.2) is 58.2 Å². The van der Waals surface area contributed by atoms with Gasteiger partial charge in [0.2, 0.25) is 5.91 Å². The summed E-state index contributed by atoms with van der Waals surface area (Å²) in [6, 6.07) is -1.59. The van der Waals surface area contributed by atoms with Crippen molar-refractivity contribution in [3.63, 3.8) is 0 Å². The third-order valence-corrected chi connectivity index (χ3v) is 2.73. The van der Waals surface area contributed by atoms with Crippen molar-refractivity contribution in [3.05, 3.63) is 0 Å². The number of carbonyl (C=O) groups excluding carboxylic acids is 5. The van der Waals surface area contributed by atoms with Gasteiger partial charge in [0, 0.05) is 12.1 Å². The lowest BCUT2D eigenvalue weighted by atomic mass is 10.1. The molecule has 1 saturated heterocycles. The van der Waals surface area contributed by atoms with Gasteiger partial charge in [-0.25, -0.2) is 14.5 Å². The fraction of sp³-hybridized carbons (Fsp3) is 0.643. The normalized spacial score (nSPS) is 15.5. The second-order valence-electron chi connectivity index (χ2n) is 6.74. The van der Waals surface area contributed by atoms with Crippen LogP contribution in [-0.2, 0) is 14.4 Å². The molecule has 9 nitrogen and oxygen atoms in total. The molecule has 1 aliphatic rings. The van der Waals surface area contributed by atoms with Gasteiger partial charge in [-0.3, -0.25) is 24.6 Å². The summed E-state index contributed by atoms with van der Waals surface area (Å²) in [5.74, 6) is -2.90. The first-order chi connectivity index (χ1) is 10.4. The van der Waals surface area contributed by atoms with E-state index in [9.17, 15) is 24.0 Å². The van der Waals surface area contributed by atoms with Crippen molar-refractivity contribution < 1.29 is 24.0 Å². The molecule has 0 radical (unpaired) electrons. The molecule has 9 heteroatoms. The maximum absolute atomic E-state index is 12.0. The summed E-state index contributed by atoms with van der Waals surface area (Å²) in [4.78, 5) is 60.3. The van der Waals surface area contributed by atoms with Gasteiger partial charge in [0.1, 0.15) is 6.54 Å². The van der Waals surface area contributed by atoms with Crippen LogP contribution in [0.15, 0.2) is 0 Å². The van der Waals surface area contributed by atoms with Crippen molar-refractivity contribution in [2.75, 3.05) is 13.1 Å². The molecule has 0 atom stereocenters. The second kappa shape index (κ2) is 6.76. The van der Waals surface area contributed by atoms with Crippen LogP contribution in [0.4, 0.5) is 9.59 Å². The van der Waals surface area contributed by atoms with Crippen LogP contribution in [0.3, 0.4) is 0 Å². The Bertz CT molecular complexity index is 550. The Balaban J connectivity index is 2.68. The molecule has 1 heterocycles. The highest BCUT2D eigenvalue weighted by Crippen LogP contribution is 2.13. The van der Waals surface area contributed by atoms with Crippen molar-refractivity contribution in [1.29, 1.82) is 0 Å². The first-order valence-corrected chi connectivity index (χ1v) is 7.21. The van der Waals surface area contributed by atoms with Crippen LogP contribution in [0.1, 0.15) is 34.6 Å². The third-order valence-electron chi connectivity index (χ3n) is 2.73. The predicted octanol–water partition coefficient (Wildman–Crippen LogP) is 0.0575. The molecule has 0 aromatic rings. The quantitative estimate of drug-likeness (QED) is 0.560. The van der Waals surface area contributed by atoms with Crippen molar-refractivity contribution in [2.24, 2.45) is 5.92 Å². The van der Waals surface area contributed by atoms with Crippen LogP contribution < -0.4 is 10.6 Å². The fourth-order valence-corrected chi connectivity index (χ4v) is 1.90. The fourth-order valence-electron chi connectivity index (χ4n) is 1.90. The minimum atomic E-state index is -1.07. The number of imide groups is 3. The predicted molar refractivity (Wildman–Crippen MR) is 80.1 cm³/mol. The minimum Gasteiger partial charge on any atom is -0.333 e. The molecule has 0 bridgehead atoms. The standard InChI is InChI=1S/C14H22N4O5/c1-8(2)6-17-10(20)11(21)18(13(17)23)7-9(19)15-12(22)16-14(3,4)5/h8H,6-7H2,1-5H3,(H2,15,16,19,22). The van der Waals surface area contributed by atoms with E-state index >= 15 is 0 Å². The molecule has 0 saturated carbocycles. The lowest BCUT2D eigenvalue weighted by Gasteiger charge is -2.21. The Labute approximate surface area is 134 Å². The van der Waals surface area contributed by atoms with Crippen LogP contribution in [0.5, 0.6) is 0 Å². The van der Waals surface area contributed by atoms with Crippen molar-refractivity contribution >= 4 is 29.8 Å². The lowest BCUT2D eigenvalue weighted by Crippen LogP contribution is -2.51. The molecule has 0 spiro atoms. The zero-order valence-electron chi connectivity index (χ0n) is 13.9. The molecular formula is C14H22N4O5. The Hall–Kier alpha value is -2.45. The maximum Gasteiger partial charge on any atom is 0.334 e. The molecule has 0 aliphatic carbocycles. The maximum atomic E-state index is 12.0. The highest BCUT2D eigenvalue weighted by Gasteiger charge is 2.45. The number of carbonyl (C=O) groups is 5. The molecule has 23 heavy (non-hydrogen) atoms. The second-order valence-corrected chi connectivity index (χ2v) is 6.74. The number of rotatable bonds is 4. The van der Waals surface area contributed by atoms with Gasteiger partial charge >= 0.3 is 23.9 Å². The average Bonchev–Trinajstić information content (AvgIpc) is 2.53. The van der Waals surface area contributed by atoms with E-state index in [0.29, 0.717) is 4.90 Å². The average molecular weight is 326 g/mol. The van der Waals surface area contributed by atoms with E-state index in [4.69, 9.17) is 0 Å². The zero-order chi connectivity index (χ0) is 17.9. The van der Waals surface area contributed by atoms with Gasteiger partial charge in [-0.2, -0.15) is 0 Å². The van der Waals surface area contributed by atoms with Gasteiger partial charge in [0.25, 0.3) is 0 Å². The highest BCUT2D eigenvalue weighted by molar-refractivity contribution is 6.45. The van der Waals surface area contributed by atoms with Gasteiger partial charge in [0.15, 0.2) is 0 Å². The summed E-state index contributed by atoms with van der Waals surface area (Å²) in [5, 5.41) is 4.51. The Morgan fingerprint density at radius 2 is 1.57 bits per heavy atom.